The molecule has 2 N–H and O–H groups in total. The maximum Gasteiger partial charge on any atom is 0.323 e. The van der Waals surface area contributed by atoms with E-state index in [1.165, 1.54) is 17.7 Å². The van der Waals surface area contributed by atoms with Gasteiger partial charge in [0.15, 0.2) is 0 Å². The minimum Gasteiger partial charge on any atom is -0.480 e. The zero-order valence-electron chi connectivity index (χ0n) is 17.5. The summed E-state index contributed by atoms with van der Waals surface area (Å²) in [6.45, 7) is 0.395. The zero-order valence-corrected chi connectivity index (χ0v) is 17.5. The monoisotopic (exact) mass is 423 g/mol. The molecule has 1 aliphatic carbocycles. The predicted octanol–water partition coefficient (Wildman–Crippen LogP) is 3.61. The molecule has 0 radical (unpaired) electrons. The zero-order chi connectivity index (χ0) is 22.0. The summed E-state index contributed by atoms with van der Waals surface area (Å²) in [5.41, 5.74) is 3.76. The molecule has 1 atom stereocenters. The summed E-state index contributed by atoms with van der Waals surface area (Å²) >= 11 is 0. The number of hydrogen-bond donors (Lipinski definition) is 2. The average molecular weight is 423 g/mol. The van der Waals surface area contributed by atoms with E-state index in [-0.39, 0.29) is 24.4 Å². The molecule has 31 heavy (non-hydrogen) atoms. The SMILES string of the molecule is CN(C(=O)NCCc1ccccc1)[C@H]1CCc2c(c3cc(F)ccc3n2CC(=O)O)C1. The number of urea groups is 1. The van der Waals surface area contributed by atoms with Crippen LogP contribution in [0.2, 0.25) is 0 Å². The third-order valence-corrected chi connectivity index (χ3v) is 6.10. The van der Waals surface area contributed by atoms with E-state index in [0.717, 1.165) is 35.0 Å². The van der Waals surface area contributed by atoms with E-state index in [1.54, 1.807) is 22.6 Å². The van der Waals surface area contributed by atoms with Gasteiger partial charge in [0.25, 0.3) is 0 Å². The van der Waals surface area contributed by atoms with E-state index in [0.29, 0.717) is 19.4 Å². The van der Waals surface area contributed by atoms with Crippen molar-refractivity contribution in [2.75, 3.05) is 13.6 Å². The van der Waals surface area contributed by atoms with Crippen LogP contribution in [0.3, 0.4) is 0 Å². The molecule has 0 fully saturated rings. The third-order valence-electron chi connectivity index (χ3n) is 6.10. The predicted molar refractivity (Wildman–Crippen MR) is 117 cm³/mol. The van der Waals surface area contributed by atoms with Gasteiger partial charge in [0.1, 0.15) is 12.4 Å². The first-order chi connectivity index (χ1) is 14.9. The van der Waals surface area contributed by atoms with E-state index in [2.05, 4.69) is 5.32 Å². The summed E-state index contributed by atoms with van der Waals surface area (Å²) in [4.78, 5) is 25.8. The van der Waals surface area contributed by atoms with Crippen LogP contribution in [0.15, 0.2) is 48.5 Å². The van der Waals surface area contributed by atoms with Gasteiger partial charge in [-0.15, -0.1) is 0 Å². The maximum absolute atomic E-state index is 13.9. The average Bonchev–Trinajstić information content (AvgIpc) is 3.05. The first-order valence-corrected chi connectivity index (χ1v) is 10.5. The number of nitrogens with one attached hydrogen (secondary N) is 1. The number of benzene rings is 2. The van der Waals surface area contributed by atoms with Crippen molar-refractivity contribution in [1.29, 1.82) is 0 Å². The van der Waals surface area contributed by atoms with Crippen LogP contribution in [-0.2, 0) is 30.6 Å². The molecule has 0 unspecified atom stereocenters. The lowest BCUT2D eigenvalue weighted by Crippen LogP contribution is -2.46. The van der Waals surface area contributed by atoms with Crippen molar-refractivity contribution < 1.29 is 19.1 Å². The molecular weight excluding hydrogens is 397 g/mol. The molecule has 0 aliphatic heterocycles. The van der Waals surface area contributed by atoms with E-state index in [9.17, 15) is 19.1 Å². The van der Waals surface area contributed by atoms with Gasteiger partial charge in [-0.3, -0.25) is 4.79 Å². The number of carboxylic acid groups (broad SMARTS) is 1. The van der Waals surface area contributed by atoms with Crippen molar-refractivity contribution >= 4 is 22.9 Å². The van der Waals surface area contributed by atoms with Crippen molar-refractivity contribution in [3.05, 3.63) is 71.2 Å². The van der Waals surface area contributed by atoms with Crippen molar-refractivity contribution in [2.45, 2.75) is 38.3 Å². The number of likely N-dealkylation sites (N-methyl/N-ethyl adjacent to an activating group) is 1. The molecule has 162 valence electrons. The quantitative estimate of drug-likeness (QED) is 0.636. The van der Waals surface area contributed by atoms with Crippen LogP contribution < -0.4 is 5.32 Å². The van der Waals surface area contributed by atoms with Gasteiger partial charge >= 0.3 is 12.0 Å². The van der Waals surface area contributed by atoms with E-state index in [1.807, 2.05) is 30.3 Å². The van der Waals surface area contributed by atoms with Crippen LogP contribution in [-0.4, -0.2) is 46.2 Å². The molecule has 1 heterocycles. The van der Waals surface area contributed by atoms with Crippen LogP contribution in [0, 0.1) is 5.82 Å². The molecule has 0 saturated heterocycles. The van der Waals surface area contributed by atoms with Gasteiger partial charge in [0.05, 0.1) is 0 Å². The number of carbonyl (C=O) groups is 2. The number of halogens is 1. The summed E-state index contributed by atoms with van der Waals surface area (Å²) in [5.74, 6) is -1.28. The Morgan fingerprint density at radius 1 is 1.23 bits per heavy atom. The van der Waals surface area contributed by atoms with E-state index < -0.39 is 5.97 Å². The van der Waals surface area contributed by atoms with Gasteiger partial charge in [0.2, 0.25) is 0 Å². The molecule has 2 aromatic carbocycles. The van der Waals surface area contributed by atoms with E-state index in [4.69, 9.17) is 0 Å². The van der Waals surface area contributed by atoms with Crippen LogP contribution >= 0.6 is 0 Å². The van der Waals surface area contributed by atoms with Gasteiger partial charge in [-0.1, -0.05) is 30.3 Å². The molecule has 3 aromatic rings. The van der Waals surface area contributed by atoms with Crippen molar-refractivity contribution in [1.82, 2.24) is 14.8 Å². The lowest BCUT2D eigenvalue weighted by Gasteiger charge is -2.32. The summed E-state index contributed by atoms with van der Waals surface area (Å²) in [5, 5.41) is 13.0. The molecule has 2 amide bonds. The molecular formula is C24H26FN3O3. The van der Waals surface area contributed by atoms with Crippen LogP contribution in [0.4, 0.5) is 9.18 Å². The van der Waals surface area contributed by atoms with E-state index >= 15 is 0 Å². The Kier molecular flexibility index (Phi) is 5.93. The minimum absolute atomic E-state index is 0.0311. The highest BCUT2D eigenvalue weighted by molar-refractivity contribution is 5.87. The smallest absolute Gasteiger partial charge is 0.323 e. The number of amides is 2. The molecule has 7 heteroatoms. The van der Waals surface area contributed by atoms with Gasteiger partial charge in [-0.2, -0.15) is 0 Å². The molecule has 1 aliphatic rings. The third kappa shape index (κ3) is 4.40. The molecule has 4 rings (SSSR count). The fourth-order valence-corrected chi connectivity index (χ4v) is 4.50. The maximum atomic E-state index is 13.9. The normalized spacial score (nSPS) is 15.5. The number of hydrogen-bond acceptors (Lipinski definition) is 2. The Morgan fingerprint density at radius 3 is 2.74 bits per heavy atom. The number of nitrogens with zero attached hydrogens (tertiary/aromatic N) is 2. The van der Waals surface area contributed by atoms with Crippen LogP contribution in [0.5, 0.6) is 0 Å². The number of aromatic nitrogens is 1. The van der Waals surface area contributed by atoms with Crippen molar-refractivity contribution in [3.8, 4) is 0 Å². The molecule has 0 bridgehead atoms. The second kappa shape index (κ2) is 8.79. The summed E-state index contributed by atoms with van der Waals surface area (Å²) < 4.78 is 15.7. The van der Waals surface area contributed by atoms with Crippen molar-refractivity contribution in [2.24, 2.45) is 0 Å². The second-order valence-electron chi connectivity index (χ2n) is 8.04. The lowest BCUT2D eigenvalue weighted by molar-refractivity contribution is -0.137. The molecule has 6 nitrogen and oxygen atoms in total. The number of rotatable bonds is 6. The van der Waals surface area contributed by atoms with Crippen molar-refractivity contribution in [3.63, 3.8) is 0 Å². The topological polar surface area (TPSA) is 74.6 Å². The fraction of sp³-hybridized carbons (Fsp3) is 0.333. The van der Waals surface area contributed by atoms with Gasteiger partial charge < -0.3 is 19.9 Å². The Bertz CT molecular complexity index is 1110. The highest BCUT2D eigenvalue weighted by Crippen LogP contribution is 2.34. The highest BCUT2D eigenvalue weighted by atomic mass is 19.1. The lowest BCUT2D eigenvalue weighted by atomic mass is 9.90. The minimum atomic E-state index is -0.930. The Balaban J connectivity index is 1.48. The molecule has 1 aromatic heterocycles. The van der Waals surface area contributed by atoms with Gasteiger partial charge in [-0.25, -0.2) is 9.18 Å². The number of carboxylic acids is 1. The fourth-order valence-electron chi connectivity index (χ4n) is 4.50. The number of fused-ring (bicyclic) bond motifs is 3. The first-order valence-electron chi connectivity index (χ1n) is 10.5. The summed E-state index contributed by atoms with van der Waals surface area (Å²) in [6.07, 6.45) is 2.71. The molecule has 0 saturated carbocycles. The number of aliphatic carboxylic acids is 1. The Morgan fingerprint density at radius 2 is 2.00 bits per heavy atom. The van der Waals surface area contributed by atoms with Crippen LogP contribution in [0.1, 0.15) is 23.2 Å². The Labute approximate surface area is 180 Å². The standard InChI is InChI=1S/C24H26FN3O3/c1-27(24(31)26-12-11-16-5-3-2-4-6-16)18-8-10-22-20(14-18)19-13-17(25)7-9-21(19)28(22)15-23(29)30/h2-7,9,13,18H,8,10-12,14-15H2,1H3,(H,26,31)(H,29,30)/t18-/m0/s1. The number of carbonyl (C=O) groups excluding carboxylic acids is 1. The van der Waals surface area contributed by atoms with Gasteiger partial charge in [-0.05, 0) is 55.0 Å². The first kappa shape index (κ1) is 20.9. The van der Waals surface area contributed by atoms with Gasteiger partial charge in [0, 0.05) is 36.2 Å². The second-order valence-corrected chi connectivity index (χ2v) is 8.04. The van der Waals surface area contributed by atoms with Crippen LogP contribution in [0.25, 0.3) is 10.9 Å². The summed E-state index contributed by atoms with van der Waals surface area (Å²) in [6, 6.07) is 14.3. The summed E-state index contributed by atoms with van der Waals surface area (Å²) in [7, 11) is 1.78. The molecule has 0 spiro atoms. The largest absolute Gasteiger partial charge is 0.480 e. The Hall–Kier alpha value is -3.35. The highest BCUT2D eigenvalue weighted by Gasteiger charge is 2.30.